The molecule has 0 spiro atoms. The van der Waals surface area contributed by atoms with E-state index in [-0.39, 0.29) is 17.4 Å². The first-order valence-corrected chi connectivity index (χ1v) is 10.7. The summed E-state index contributed by atoms with van der Waals surface area (Å²) < 4.78 is 33.7. The minimum Gasteiger partial charge on any atom is -0.456 e. The topological polar surface area (TPSA) is 63.7 Å². The van der Waals surface area contributed by atoms with Crippen molar-refractivity contribution in [1.29, 1.82) is 0 Å². The van der Waals surface area contributed by atoms with Crippen LogP contribution in [0.4, 0.5) is 0 Å². The fourth-order valence-corrected chi connectivity index (χ4v) is 5.87. The SMILES string of the molecule is CC[C@]12CN(S(=O)(=O)c3ccc(C)cc3)[C@H](c3ccc(Cl)cc3)[C@H]1C(=O)O2. The maximum absolute atomic E-state index is 13.4. The van der Waals surface area contributed by atoms with Crippen molar-refractivity contribution >= 4 is 27.6 Å². The van der Waals surface area contributed by atoms with Gasteiger partial charge < -0.3 is 4.74 Å². The summed E-state index contributed by atoms with van der Waals surface area (Å²) in [6, 6.07) is 13.1. The van der Waals surface area contributed by atoms with Crippen LogP contribution in [0.5, 0.6) is 0 Å². The van der Waals surface area contributed by atoms with Gasteiger partial charge in [-0.15, -0.1) is 0 Å². The maximum Gasteiger partial charge on any atom is 0.315 e. The lowest BCUT2D eigenvalue weighted by atomic mass is 9.77. The number of esters is 1. The smallest absolute Gasteiger partial charge is 0.315 e. The van der Waals surface area contributed by atoms with Gasteiger partial charge in [0.25, 0.3) is 0 Å². The van der Waals surface area contributed by atoms with Crippen LogP contribution in [0, 0.1) is 12.8 Å². The van der Waals surface area contributed by atoms with Crippen LogP contribution in [-0.4, -0.2) is 30.8 Å². The number of rotatable bonds is 4. The second-order valence-corrected chi connectivity index (χ2v) is 9.50. The van der Waals surface area contributed by atoms with Crippen molar-refractivity contribution in [3.8, 4) is 0 Å². The zero-order valence-electron chi connectivity index (χ0n) is 15.1. The van der Waals surface area contributed by atoms with Gasteiger partial charge in [-0.25, -0.2) is 8.42 Å². The van der Waals surface area contributed by atoms with Gasteiger partial charge in [-0.2, -0.15) is 4.31 Å². The molecule has 0 aromatic heterocycles. The van der Waals surface area contributed by atoms with E-state index < -0.39 is 27.6 Å². The largest absolute Gasteiger partial charge is 0.456 e. The highest BCUT2D eigenvalue weighted by molar-refractivity contribution is 7.89. The molecule has 5 nitrogen and oxygen atoms in total. The van der Waals surface area contributed by atoms with Gasteiger partial charge in [0.15, 0.2) is 0 Å². The molecule has 7 heteroatoms. The Morgan fingerprint density at radius 2 is 1.78 bits per heavy atom. The van der Waals surface area contributed by atoms with Crippen LogP contribution in [-0.2, 0) is 19.6 Å². The van der Waals surface area contributed by atoms with Crippen LogP contribution in [0.25, 0.3) is 0 Å². The Balaban J connectivity index is 1.83. The van der Waals surface area contributed by atoms with E-state index in [1.54, 1.807) is 48.5 Å². The van der Waals surface area contributed by atoms with Crippen molar-refractivity contribution in [2.75, 3.05) is 6.54 Å². The molecule has 0 saturated carbocycles. The van der Waals surface area contributed by atoms with Gasteiger partial charge in [0.2, 0.25) is 10.0 Å². The molecule has 0 radical (unpaired) electrons. The van der Waals surface area contributed by atoms with Gasteiger partial charge >= 0.3 is 5.97 Å². The highest BCUT2D eigenvalue weighted by Crippen LogP contribution is 2.55. The minimum atomic E-state index is -3.79. The molecule has 2 aliphatic rings. The molecule has 3 atom stereocenters. The number of benzene rings is 2. The first-order chi connectivity index (χ1) is 12.8. The summed E-state index contributed by atoms with van der Waals surface area (Å²) >= 11 is 5.99. The summed E-state index contributed by atoms with van der Waals surface area (Å²) in [7, 11) is -3.79. The highest BCUT2D eigenvalue weighted by Gasteiger charge is 2.68. The quantitative estimate of drug-likeness (QED) is 0.727. The monoisotopic (exact) mass is 405 g/mol. The third kappa shape index (κ3) is 2.78. The fraction of sp³-hybridized carbons (Fsp3) is 0.350. The van der Waals surface area contributed by atoms with Crippen LogP contribution in [0.15, 0.2) is 53.4 Å². The number of carbonyl (C=O) groups is 1. The van der Waals surface area contributed by atoms with Gasteiger partial charge in [-0.3, -0.25) is 4.79 Å². The Morgan fingerprint density at radius 1 is 1.15 bits per heavy atom. The zero-order chi connectivity index (χ0) is 19.4. The van der Waals surface area contributed by atoms with Crippen LogP contribution in [0.1, 0.15) is 30.5 Å². The molecule has 27 heavy (non-hydrogen) atoms. The third-order valence-electron chi connectivity index (χ3n) is 5.61. The van der Waals surface area contributed by atoms with Crippen LogP contribution in [0.3, 0.4) is 0 Å². The summed E-state index contributed by atoms with van der Waals surface area (Å²) in [4.78, 5) is 12.5. The molecule has 0 bridgehead atoms. The number of halogens is 1. The number of fused-ring (bicyclic) bond motifs is 1. The number of carbonyl (C=O) groups excluding carboxylic acids is 1. The van der Waals surface area contributed by atoms with E-state index in [9.17, 15) is 13.2 Å². The minimum absolute atomic E-state index is 0.156. The van der Waals surface area contributed by atoms with E-state index in [0.717, 1.165) is 11.1 Å². The Morgan fingerprint density at radius 3 is 2.33 bits per heavy atom. The summed E-state index contributed by atoms with van der Waals surface area (Å²) in [6.07, 6.45) is 0.563. The van der Waals surface area contributed by atoms with E-state index >= 15 is 0 Å². The van der Waals surface area contributed by atoms with E-state index in [2.05, 4.69) is 0 Å². The second-order valence-electron chi connectivity index (χ2n) is 7.18. The van der Waals surface area contributed by atoms with E-state index in [4.69, 9.17) is 16.3 Å². The van der Waals surface area contributed by atoms with Crippen molar-refractivity contribution in [3.05, 3.63) is 64.7 Å². The highest BCUT2D eigenvalue weighted by atomic mass is 35.5. The Bertz CT molecular complexity index is 988. The Hall–Kier alpha value is -1.89. The van der Waals surface area contributed by atoms with Crippen molar-refractivity contribution < 1.29 is 17.9 Å². The van der Waals surface area contributed by atoms with Crippen LogP contribution in [0.2, 0.25) is 5.02 Å². The molecule has 2 aromatic carbocycles. The van der Waals surface area contributed by atoms with Gasteiger partial charge in [-0.05, 0) is 43.2 Å². The predicted octanol–water partition coefficient (Wildman–Crippen LogP) is 3.72. The van der Waals surface area contributed by atoms with E-state index in [0.29, 0.717) is 11.4 Å². The summed E-state index contributed by atoms with van der Waals surface area (Å²) in [6.45, 7) is 3.98. The molecule has 0 amide bonds. The maximum atomic E-state index is 13.4. The molecule has 0 N–H and O–H groups in total. The van der Waals surface area contributed by atoms with Crippen LogP contribution >= 0.6 is 11.6 Å². The van der Waals surface area contributed by atoms with Crippen LogP contribution < -0.4 is 0 Å². The van der Waals surface area contributed by atoms with Gasteiger partial charge in [0, 0.05) is 5.02 Å². The molecule has 0 unspecified atom stereocenters. The molecule has 2 aromatic rings. The molecular weight excluding hydrogens is 386 g/mol. The number of sulfonamides is 1. The molecule has 0 aliphatic carbocycles. The number of hydrogen-bond acceptors (Lipinski definition) is 4. The fourth-order valence-electron chi connectivity index (χ4n) is 4.06. The van der Waals surface area contributed by atoms with Crippen molar-refractivity contribution in [2.45, 2.75) is 36.8 Å². The Kier molecular flexibility index (Phi) is 4.33. The Labute approximate surface area is 163 Å². The van der Waals surface area contributed by atoms with Crippen molar-refractivity contribution in [1.82, 2.24) is 4.31 Å². The second kappa shape index (κ2) is 6.33. The number of ether oxygens (including phenoxy) is 1. The molecule has 2 heterocycles. The third-order valence-corrected chi connectivity index (χ3v) is 7.71. The normalized spacial score (nSPS) is 27.7. The van der Waals surface area contributed by atoms with Crippen molar-refractivity contribution in [3.63, 3.8) is 0 Å². The molecule has 2 aliphatic heterocycles. The molecule has 2 fully saturated rings. The first-order valence-electron chi connectivity index (χ1n) is 8.85. The summed E-state index contributed by atoms with van der Waals surface area (Å²) in [5.74, 6) is -0.859. The number of hydrogen-bond donors (Lipinski definition) is 0. The average Bonchev–Trinajstić information content (AvgIpc) is 2.92. The molecule has 142 valence electrons. The lowest BCUT2D eigenvalue weighted by molar-refractivity contribution is -0.205. The van der Waals surface area contributed by atoms with Gasteiger partial charge in [0.05, 0.1) is 17.5 Å². The summed E-state index contributed by atoms with van der Waals surface area (Å²) in [5, 5.41) is 0.558. The molecule has 4 rings (SSSR count). The zero-order valence-corrected chi connectivity index (χ0v) is 16.6. The van der Waals surface area contributed by atoms with E-state index in [1.807, 2.05) is 13.8 Å². The lowest BCUT2D eigenvalue weighted by Gasteiger charge is -2.43. The number of aryl methyl sites for hydroxylation is 1. The van der Waals surface area contributed by atoms with Crippen molar-refractivity contribution in [2.24, 2.45) is 5.92 Å². The predicted molar refractivity (Wildman–Crippen MR) is 102 cm³/mol. The first kappa shape index (κ1) is 18.5. The molecule has 2 saturated heterocycles. The average molecular weight is 406 g/mol. The summed E-state index contributed by atoms with van der Waals surface area (Å²) in [5.41, 5.74) is 0.958. The lowest BCUT2D eigenvalue weighted by Crippen LogP contribution is -2.56. The van der Waals surface area contributed by atoms with Gasteiger partial charge in [-0.1, -0.05) is 48.4 Å². The van der Waals surface area contributed by atoms with E-state index in [1.165, 1.54) is 4.31 Å². The standard InChI is InChI=1S/C20H20ClNO4S/c1-3-20-12-22(27(24,25)16-10-4-13(2)5-11-16)18(17(20)19(23)26-20)14-6-8-15(21)9-7-14/h4-11,17-18H,3,12H2,1-2H3/t17-,18+,20-/m0/s1. The molecular formula is C20H20ClNO4S. The van der Waals surface area contributed by atoms with Gasteiger partial charge in [0.1, 0.15) is 11.5 Å². The number of nitrogens with zero attached hydrogens (tertiary/aromatic N) is 1.